The minimum absolute atomic E-state index is 0.233. The summed E-state index contributed by atoms with van der Waals surface area (Å²) in [6, 6.07) is 1.70. The summed E-state index contributed by atoms with van der Waals surface area (Å²) in [7, 11) is 0. The van der Waals surface area contributed by atoms with Crippen LogP contribution in [0.4, 0.5) is 17.6 Å². The fourth-order valence-electron chi connectivity index (χ4n) is 1.68. The van der Waals surface area contributed by atoms with Crippen LogP contribution in [0.15, 0.2) is 18.2 Å². The molecule has 0 spiro atoms. The van der Waals surface area contributed by atoms with Crippen LogP contribution >= 0.6 is 0 Å². The van der Waals surface area contributed by atoms with Crippen molar-refractivity contribution in [2.75, 3.05) is 0 Å². The lowest BCUT2D eigenvalue weighted by atomic mass is 9.92. The summed E-state index contributed by atoms with van der Waals surface area (Å²) >= 11 is 0. The lowest BCUT2D eigenvalue weighted by Gasteiger charge is -2.24. The Kier molecular flexibility index (Phi) is 4.21. The Hall–Kier alpha value is -1.92. The smallest absolute Gasteiger partial charge is 0.417 e. The maximum atomic E-state index is 13.0. The van der Waals surface area contributed by atoms with E-state index in [1.54, 1.807) is 0 Å². The summed E-state index contributed by atoms with van der Waals surface area (Å²) in [4.78, 5) is 23.0. The quantitative estimate of drug-likeness (QED) is 0.487. The van der Waals surface area contributed by atoms with Gasteiger partial charge >= 0.3 is 12.1 Å². The van der Waals surface area contributed by atoms with E-state index in [2.05, 4.69) is 0 Å². The SMILES string of the molecule is CC(=O)OC(C)(C)C(=O)c1ccc(F)cc1C(F)(F)F. The number of hydrogen-bond acceptors (Lipinski definition) is 3. The molecule has 0 aliphatic rings. The number of ether oxygens (including phenoxy) is 1. The van der Waals surface area contributed by atoms with Gasteiger partial charge in [0, 0.05) is 12.5 Å². The summed E-state index contributed by atoms with van der Waals surface area (Å²) in [5.74, 6) is -2.97. The minimum atomic E-state index is -4.89. The highest BCUT2D eigenvalue weighted by molar-refractivity contribution is 6.04. The molecule has 0 N–H and O–H groups in total. The Bertz CT molecular complexity index is 547. The van der Waals surface area contributed by atoms with E-state index in [1.165, 1.54) is 13.8 Å². The van der Waals surface area contributed by atoms with Gasteiger partial charge in [0.25, 0.3) is 0 Å². The molecule has 1 aromatic carbocycles. The second-order valence-corrected chi connectivity index (χ2v) is 4.62. The number of benzene rings is 1. The van der Waals surface area contributed by atoms with E-state index in [1.807, 2.05) is 0 Å². The first kappa shape index (κ1) is 16.1. The highest BCUT2D eigenvalue weighted by atomic mass is 19.4. The van der Waals surface area contributed by atoms with E-state index in [0.717, 1.165) is 19.1 Å². The van der Waals surface area contributed by atoms with Crippen molar-refractivity contribution in [2.45, 2.75) is 32.5 Å². The summed E-state index contributed by atoms with van der Waals surface area (Å²) in [5.41, 5.74) is -3.92. The first-order valence-corrected chi connectivity index (χ1v) is 5.56. The highest BCUT2D eigenvalue weighted by Crippen LogP contribution is 2.34. The molecule has 3 nitrogen and oxygen atoms in total. The second-order valence-electron chi connectivity index (χ2n) is 4.62. The fraction of sp³-hybridized carbons (Fsp3) is 0.385. The standard InChI is InChI=1S/C13H12F4O3/c1-7(18)20-12(2,3)11(19)9-5-4-8(14)6-10(9)13(15,16)17/h4-6H,1-3H3. The average Bonchev–Trinajstić information content (AvgIpc) is 2.25. The summed E-state index contributed by atoms with van der Waals surface area (Å²) in [6.45, 7) is 3.37. The molecule has 7 heteroatoms. The van der Waals surface area contributed by atoms with Gasteiger partial charge in [-0.1, -0.05) is 0 Å². The summed E-state index contributed by atoms with van der Waals surface area (Å²) in [6.07, 6.45) is -4.89. The van der Waals surface area contributed by atoms with Crippen molar-refractivity contribution in [3.05, 3.63) is 35.1 Å². The van der Waals surface area contributed by atoms with Crippen LogP contribution in [-0.2, 0) is 15.7 Å². The van der Waals surface area contributed by atoms with Crippen molar-refractivity contribution in [1.29, 1.82) is 0 Å². The zero-order valence-corrected chi connectivity index (χ0v) is 11.0. The molecule has 0 heterocycles. The van der Waals surface area contributed by atoms with Gasteiger partial charge in [0.15, 0.2) is 5.60 Å². The molecule has 0 aliphatic carbocycles. The zero-order valence-electron chi connectivity index (χ0n) is 11.0. The Morgan fingerprint density at radius 3 is 2.15 bits per heavy atom. The topological polar surface area (TPSA) is 43.4 Å². The molecule has 110 valence electrons. The van der Waals surface area contributed by atoms with E-state index in [-0.39, 0.29) is 6.07 Å². The van der Waals surface area contributed by atoms with Crippen LogP contribution < -0.4 is 0 Å². The van der Waals surface area contributed by atoms with Gasteiger partial charge in [0.1, 0.15) is 5.82 Å². The monoisotopic (exact) mass is 292 g/mol. The van der Waals surface area contributed by atoms with E-state index >= 15 is 0 Å². The van der Waals surface area contributed by atoms with Crippen LogP contribution in [0.25, 0.3) is 0 Å². The summed E-state index contributed by atoms with van der Waals surface area (Å²) in [5, 5.41) is 0. The first-order chi connectivity index (χ1) is 8.95. The molecular weight excluding hydrogens is 280 g/mol. The number of ketones is 1. The molecule has 0 atom stereocenters. The average molecular weight is 292 g/mol. The van der Waals surface area contributed by atoms with Gasteiger partial charge in [-0.05, 0) is 32.0 Å². The van der Waals surface area contributed by atoms with Crippen LogP contribution in [0.2, 0.25) is 0 Å². The van der Waals surface area contributed by atoms with Crippen LogP contribution in [0, 0.1) is 5.82 Å². The van der Waals surface area contributed by atoms with Gasteiger partial charge in [-0.25, -0.2) is 4.39 Å². The van der Waals surface area contributed by atoms with E-state index in [0.29, 0.717) is 0 Å². The molecule has 1 rings (SSSR count). The zero-order chi connectivity index (χ0) is 15.7. The first-order valence-electron chi connectivity index (χ1n) is 5.56. The molecule has 1 aromatic rings. The highest BCUT2D eigenvalue weighted by Gasteiger charge is 2.40. The largest absolute Gasteiger partial charge is 0.451 e. The lowest BCUT2D eigenvalue weighted by molar-refractivity contribution is -0.149. The molecule has 0 amide bonds. The Labute approximate surface area is 112 Å². The molecule has 0 aromatic heterocycles. The van der Waals surface area contributed by atoms with Crippen molar-refractivity contribution in [1.82, 2.24) is 0 Å². The number of esters is 1. The van der Waals surface area contributed by atoms with E-state index in [4.69, 9.17) is 4.74 Å². The third-order valence-electron chi connectivity index (χ3n) is 2.48. The Morgan fingerprint density at radius 2 is 1.70 bits per heavy atom. The molecule has 0 saturated heterocycles. The molecule has 0 bridgehead atoms. The summed E-state index contributed by atoms with van der Waals surface area (Å²) < 4.78 is 56.1. The minimum Gasteiger partial charge on any atom is -0.451 e. The Balaban J connectivity index is 3.33. The number of carbonyl (C=O) groups excluding carboxylic acids is 2. The van der Waals surface area contributed by atoms with Gasteiger partial charge in [-0.2, -0.15) is 13.2 Å². The molecule has 0 unspecified atom stereocenters. The van der Waals surface area contributed by atoms with Crippen LogP contribution in [0.3, 0.4) is 0 Å². The number of halogens is 4. The maximum absolute atomic E-state index is 13.0. The van der Waals surface area contributed by atoms with Crippen molar-refractivity contribution >= 4 is 11.8 Å². The predicted molar refractivity (Wildman–Crippen MR) is 61.6 cm³/mol. The van der Waals surface area contributed by atoms with Crippen molar-refractivity contribution in [3.8, 4) is 0 Å². The predicted octanol–water partition coefficient (Wildman–Crippen LogP) is 3.37. The number of rotatable bonds is 3. The molecule has 0 saturated carbocycles. The normalized spacial score (nSPS) is 12.2. The third kappa shape index (κ3) is 3.55. The van der Waals surface area contributed by atoms with Gasteiger partial charge in [-0.15, -0.1) is 0 Å². The van der Waals surface area contributed by atoms with Gasteiger partial charge in [0.05, 0.1) is 5.56 Å². The number of hydrogen-bond donors (Lipinski definition) is 0. The third-order valence-corrected chi connectivity index (χ3v) is 2.48. The molecule has 0 fully saturated rings. The molecule has 20 heavy (non-hydrogen) atoms. The van der Waals surface area contributed by atoms with Crippen molar-refractivity contribution in [3.63, 3.8) is 0 Å². The molecular formula is C13H12F4O3. The fourth-order valence-corrected chi connectivity index (χ4v) is 1.68. The molecule has 0 radical (unpaired) electrons. The number of carbonyl (C=O) groups is 2. The van der Waals surface area contributed by atoms with Crippen molar-refractivity contribution < 1.29 is 31.9 Å². The van der Waals surface area contributed by atoms with Crippen LogP contribution in [0.5, 0.6) is 0 Å². The van der Waals surface area contributed by atoms with Gasteiger partial charge in [-0.3, -0.25) is 9.59 Å². The second kappa shape index (κ2) is 5.22. The number of alkyl halides is 3. The van der Waals surface area contributed by atoms with Crippen LogP contribution in [-0.4, -0.2) is 17.4 Å². The molecule has 0 aliphatic heterocycles. The Morgan fingerprint density at radius 1 is 1.15 bits per heavy atom. The number of Topliss-reactive ketones (excluding diaryl/α,β-unsaturated/α-hetero) is 1. The van der Waals surface area contributed by atoms with Gasteiger partial charge in [0.2, 0.25) is 5.78 Å². The van der Waals surface area contributed by atoms with E-state index in [9.17, 15) is 27.2 Å². The maximum Gasteiger partial charge on any atom is 0.417 e. The van der Waals surface area contributed by atoms with Crippen molar-refractivity contribution in [2.24, 2.45) is 0 Å². The van der Waals surface area contributed by atoms with Crippen LogP contribution in [0.1, 0.15) is 36.7 Å². The van der Waals surface area contributed by atoms with Gasteiger partial charge < -0.3 is 4.74 Å². The van der Waals surface area contributed by atoms with E-state index < -0.39 is 40.5 Å². The lowest BCUT2D eigenvalue weighted by Crippen LogP contribution is -2.37.